The van der Waals surface area contributed by atoms with Crippen molar-refractivity contribution >= 4 is 38.8 Å². The van der Waals surface area contributed by atoms with Crippen molar-refractivity contribution in [3.63, 3.8) is 0 Å². The molecule has 172 valence electrons. The van der Waals surface area contributed by atoms with Gasteiger partial charge >= 0.3 is 5.97 Å². The summed E-state index contributed by atoms with van der Waals surface area (Å²) in [7, 11) is 1.61. The van der Waals surface area contributed by atoms with Crippen molar-refractivity contribution in [3.05, 3.63) is 65.9 Å². The van der Waals surface area contributed by atoms with Crippen LogP contribution in [0.1, 0.15) is 22.1 Å². The summed E-state index contributed by atoms with van der Waals surface area (Å²) in [6, 6.07) is 13.4. The predicted molar refractivity (Wildman–Crippen MR) is 131 cm³/mol. The summed E-state index contributed by atoms with van der Waals surface area (Å²) in [5.74, 6) is -0.203. The Hall–Kier alpha value is -4.79. The number of methoxy groups -OCH3 is 1. The van der Waals surface area contributed by atoms with Gasteiger partial charge in [0.1, 0.15) is 17.2 Å². The monoisotopic (exact) mass is 465 g/mol. The molecule has 0 bridgehead atoms. The van der Waals surface area contributed by atoms with E-state index in [1.807, 2.05) is 56.3 Å². The first-order valence-corrected chi connectivity index (χ1v) is 10.9. The van der Waals surface area contributed by atoms with Crippen LogP contribution in [-0.4, -0.2) is 43.3 Å². The number of aromatic amines is 1. The summed E-state index contributed by atoms with van der Waals surface area (Å²) >= 11 is 0. The van der Waals surface area contributed by atoms with Crippen molar-refractivity contribution in [2.24, 2.45) is 0 Å². The van der Waals surface area contributed by atoms with Gasteiger partial charge in [-0.3, -0.25) is 4.98 Å². The zero-order chi connectivity index (χ0) is 24.3. The first-order valence-electron chi connectivity index (χ1n) is 10.9. The first kappa shape index (κ1) is 20.8. The van der Waals surface area contributed by atoms with Gasteiger partial charge in [0.15, 0.2) is 0 Å². The Morgan fingerprint density at radius 2 is 1.89 bits per heavy atom. The molecule has 0 aliphatic rings. The molecule has 6 aromatic rings. The molecule has 9 heteroatoms. The largest absolute Gasteiger partial charge is 0.496 e. The van der Waals surface area contributed by atoms with Crippen LogP contribution in [-0.2, 0) is 0 Å². The van der Waals surface area contributed by atoms with Crippen molar-refractivity contribution in [2.45, 2.75) is 13.8 Å². The Bertz CT molecular complexity index is 1780. The minimum Gasteiger partial charge on any atom is -0.496 e. The van der Waals surface area contributed by atoms with E-state index in [0.717, 1.165) is 44.2 Å². The molecule has 0 saturated carbocycles. The second-order valence-corrected chi connectivity index (χ2v) is 8.22. The molecule has 35 heavy (non-hydrogen) atoms. The highest BCUT2D eigenvalue weighted by Gasteiger charge is 2.23. The van der Waals surface area contributed by atoms with E-state index in [0.29, 0.717) is 28.2 Å². The normalized spacial score (nSPS) is 11.5. The van der Waals surface area contributed by atoms with Crippen molar-refractivity contribution in [1.82, 2.24) is 25.1 Å². The van der Waals surface area contributed by atoms with Gasteiger partial charge in [-0.2, -0.15) is 0 Å². The van der Waals surface area contributed by atoms with Crippen LogP contribution in [0.2, 0.25) is 0 Å². The number of hydrogen-bond donors (Lipinski definition) is 2. The van der Waals surface area contributed by atoms with E-state index in [4.69, 9.17) is 9.26 Å². The summed E-state index contributed by atoms with van der Waals surface area (Å²) < 4.78 is 11.1. The van der Waals surface area contributed by atoms with Crippen LogP contribution < -0.4 is 4.74 Å². The third-order valence-corrected chi connectivity index (χ3v) is 6.17. The van der Waals surface area contributed by atoms with Gasteiger partial charge in [0.2, 0.25) is 5.82 Å². The molecule has 0 unspecified atom stereocenters. The molecular formula is C26H19N5O4. The number of aromatic nitrogens is 5. The van der Waals surface area contributed by atoms with E-state index in [1.165, 1.54) is 0 Å². The third kappa shape index (κ3) is 3.12. The number of carboxylic acids is 1. The average molecular weight is 465 g/mol. The molecule has 0 spiro atoms. The number of carbonyl (C=O) groups is 1. The molecule has 0 radical (unpaired) electrons. The van der Waals surface area contributed by atoms with Crippen molar-refractivity contribution in [3.8, 4) is 28.1 Å². The molecule has 4 heterocycles. The number of hydrogen-bond acceptors (Lipinski definition) is 7. The lowest BCUT2D eigenvalue weighted by molar-refractivity contribution is 0.0684. The van der Waals surface area contributed by atoms with Gasteiger partial charge in [0.05, 0.1) is 35.0 Å². The maximum atomic E-state index is 11.9. The number of rotatable bonds is 4. The highest BCUT2D eigenvalue weighted by Crippen LogP contribution is 2.42. The Morgan fingerprint density at radius 3 is 2.63 bits per heavy atom. The molecular weight excluding hydrogens is 446 g/mol. The Morgan fingerprint density at radius 1 is 1.06 bits per heavy atom. The van der Waals surface area contributed by atoms with E-state index in [2.05, 4.69) is 25.1 Å². The van der Waals surface area contributed by atoms with Gasteiger partial charge in [-0.15, -0.1) is 0 Å². The van der Waals surface area contributed by atoms with E-state index >= 15 is 0 Å². The number of H-pyrrole nitrogens is 1. The number of benzene rings is 2. The van der Waals surface area contributed by atoms with Crippen molar-refractivity contribution in [2.75, 3.05) is 7.11 Å². The van der Waals surface area contributed by atoms with Crippen LogP contribution in [0.5, 0.6) is 5.75 Å². The van der Waals surface area contributed by atoms with Crippen LogP contribution in [0, 0.1) is 13.8 Å². The molecule has 2 N–H and O–H groups in total. The zero-order valence-electron chi connectivity index (χ0n) is 19.1. The molecule has 2 aromatic carbocycles. The van der Waals surface area contributed by atoms with Crippen LogP contribution >= 0.6 is 0 Å². The number of carboxylic acid groups (broad SMARTS) is 1. The molecule has 0 fully saturated rings. The lowest BCUT2D eigenvalue weighted by Gasteiger charge is -2.10. The lowest BCUT2D eigenvalue weighted by Crippen LogP contribution is -2.05. The molecule has 9 nitrogen and oxygen atoms in total. The van der Waals surface area contributed by atoms with Crippen molar-refractivity contribution < 1.29 is 19.2 Å². The number of ether oxygens (including phenoxy) is 1. The molecule has 0 aliphatic carbocycles. The van der Waals surface area contributed by atoms with E-state index < -0.39 is 5.97 Å². The molecule has 6 rings (SSSR count). The number of aromatic carboxylic acids is 1. The highest BCUT2D eigenvalue weighted by molar-refractivity contribution is 6.16. The minimum absolute atomic E-state index is 0.294. The number of pyridine rings is 1. The number of para-hydroxylation sites is 1. The Balaban J connectivity index is 1.74. The first-order chi connectivity index (χ1) is 17.0. The lowest BCUT2D eigenvalue weighted by atomic mass is 9.99. The summed E-state index contributed by atoms with van der Waals surface area (Å²) in [6.45, 7) is 3.72. The Kier molecular flexibility index (Phi) is 4.53. The second kappa shape index (κ2) is 7.63. The van der Waals surface area contributed by atoms with Crippen LogP contribution in [0.4, 0.5) is 0 Å². The summed E-state index contributed by atoms with van der Waals surface area (Å²) in [6.07, 6.45) is 1.69. The molecule has 0 amide bonds. The van der Waals surface area contributed by atoms with Crippen LogP contribution in [0.15, 0.2) is 53.2 Å². The summed E-state index contributed by atoms with van der Waals surface area (Å²) in [5.41, 5.74) is 5.63. The van der Waals surface area contributed by atoms with Crippen molar-refractivity contribution in [1.29, 1.82) is 0 Å². The number of fused-ring (bicyclic) bond motifs is 4. The zero-order valence-corrected chi connectivity index (χ0v) is 19.1. The van der Waals surface area contributed by atoms with Gasteiger partial charge in [-0.25, -0.2) is 14.8 Å². The summed E-state index contributed by atoms with van der Waals surface area (Å²) in [4.78, 5) is 28.4. The summed E-state index contributed by atoms with van der Waals surface area (Å²) in [5, 5.41) is 16.2. The maximum absolute atomic E-state index is 11.9. The van der Waals surface area contributed by atoms with Gasteiger partial charge < -0.3 is 19.4 Å². The average Bonchev–Trinajstić information content (AvgIpc) is 3.40. The number of nitrogens with zero attached hydrogens (tertiary/aromatic N) is 4. The van der Waals surface area contributed by atoms with E-state index in [-0.39, 0.29) is 5.82 Å². The number of aryl methyl sites for hydroxylation is 2. The molecule has 4 aromatic heterocycles. The van der Waals surface area contributed by atoms with E-state index in [9.17, 15) is 9.90 Å². The fourth-order valence-electron chi connectivity index (χ4n) is 4.65. The van der Waals surface area contributed by atoms with Gasteiger partial charge in [-0.05, 0) is 38.1 Å². The van der Waals surface area contributed by atoms with Crippen LogP contribution in [0.3, 0.4) is 0 Å². The van der Waals surface area contributed by atoms with Gasteiger partial charge in [0.25, 0.3) is 0 Å². The van der Waals surface area contributed by atoms with Gasteiger partial charge in [0, 0.05) is 33.6 Å². The fourth-order valence-corrected chi connectivity index (χ4v) is 4.65. The minimum atomic E-state index is -1.21. The Labute approximate surface area is 198 Å². The van der Waals surface area contributed by atoms with E-state index in [1.54, 1.807) is 13.3 Å². The van der Waals surface area contributed by atoms with Gasteiger partial charge in [-0.1, -0.05) is 23.4 Å². The standard InChI is InChI=1S/C26H19N5O4/c1-12-21(13(2)35-31-12)17-10-19-16(11-20(17)34-3)22-23(29-25(26(32)33)30-24(22)28-19)15-8-9-27-18-7-5-4-6-14(15)18/h4-11H,1-3H3,(H,32,33)(H,28,29,30). The quantitative estimate of drug-likeness (QED) is 0.359. The number of nitrogens with one attached hydrogen (secondary N) is 1. The molecule has 0 aliphatic heterocycles. The molecule has 0 saturated heterocycles. The smallest absolute Gasteiger partial charge is 0.374 e. The topological polar surface area (TPSA) is 127 Å². The van der Waals surface area contributed by atoms with Crippen LogP contribution in [0.25, 0.3) is 55.2 Å². The highest BCUT2D eigenvalue weighted by atomic mass is 16.5. The maximum Gasteiger partial charge on any atom is 0.374 e. The SMILES string of the molecule is COc1cc2c(cc1-c1c(C)noc1C)[nH]c1nc(C(=O)O)nc(-c3ccnc4ccccc34)c12. The predicted octanol–water partition coefficient (Wildman–Crippen LogP) is 5.30. The third-order valence-electron chi connectivity index (χ3n) is 6.17. The second-order valence-electron chi connectivity index (χ2n) is 8.22. The fraction of sp³-hybridized carbons (Fsp3) is 0.115. The molecule has 0 atom stereocenters.